The molecule has 134 valence electrons. The van der Waals surface area contributed by atoms with Crippen LogP contribution >= 0.6 is 0 Å². The second-order valence-electron chi connectivity index (χ2n) is 6.26. The zero-order valence-corrected chi connectivity index (χ0v) is 15.1. The van der Waals surface area contributed by atoms with E-state index in [0.29, 0.717) is 18.1 Å². The molecule has 1 saturated carbocycles. The molecular weight excluding hydrogens is 328 g/mol. The number of hydrogen-bond donors (Lipinski definition) is 2. The molecule has 0 bridgehead atoms. The Labute approximate surface area is 144 Å². The normalized spacial score (nSPS) is 21.4. The van der Waals surface area contributed by atoms with Gasteiger partial charge >= 0.3 is 0 Å². The summed E-state index contributed by atoms with van der Waals surface area (Å²) in [6, 6.07) is 6.20. The third-order valence-electron chi connectivity index (χ3n) is 4.45. The van der Waals surface area contributed by atoms with Crippen LogP contribution in [-0.2, 0) is 14.8 Å². The van der Waals surface area contributed by atoms with Gasteiger partial charge in [-0.3, -0.25) is 4.79 Å². The molecule has 0 unspecified atom stereocenters. The number of carbonyl (C=O) groups excluding carboxylic acids is 1. The van der Waals surface area contributed by atoms with Crippen LogP contribution in [0.4, 0.5) is 0 Å². The molecule has 1 aromatic rings. The van der Waals surface area contributed by atoms with Gasteiger partial charge < -0.3 is 10.1 Å². The highest BCUT2D eigenvalue weighted by Gasteiger charge is 2.23. The summed E-state index contributed by atoms with van der Waals surface area (Å²) in [5.74, 6) is 0.331. The number of amides is 1. The first-order valence-corrected chi connectivity index (χ1v) is 9.82. The molecule has 1 aromatic carbocycles. The predicted octanol–water partition coefficient (Wildman–Crippen LogP) is 1.92. The maximum absolute atomic E-state index is 12.3. The van der Waals surface area contributed by atoms with Crippen molar-refractivity contribution in [3.63, 3.8) is 0 Å². The Bertz CT molecular complexity index is 643. The van der Waals surface area contributed by atoms with E-state index >= 15 is 0 Å². The fraction of sp³-hybridized carbons (Fsp3) is 0.588. The molecule has 7 heteroatoms. The molecule has 0 saturated heterocycles. The van der Waals surface area contributed by atoms with E-state index in [1.165, 1.54) is 25.7 Å². The molecular formula is C17H26N2O4S. The smallest absolute Gasteiger partial charge is 0.251 e. The number of sulfonamides is 1. The van der Waals surface area contributed by atoms with Gasteiger partial charge in [0.15, 0.2) is 0 Å². The maximum atomic E-state index is 12.3. The monoisotopic (exact) mass is 354 g/mol. The number of hydrogen-bond acceptors (Lipinski definition) is 4. The minimum absolute atomic E-state index is 0.140. The van der Waals surface area contributed by atoms with Crippen LogP contribution < -0.4 is 10.0 Å². The molecule has 0 heterocycles. The van der Waals surface area contributed by atoms with E-state index < -0.39 is 10.0 Å². The molecule has 0 aliphatic heterocycles. The lowest BCUT2D eigenvalue weighted by atomic mass is 9.86. The average Bonchev–Trinajstić information content (AvgIpc) is 2.57. The predicted molar refractivity (Wildman–Crippen MR) is 92.4 cm³/mol. The Balaban J connectivity index is 1.99. The lowest BCUT2D eigenvalue weighted by Gasteiger charge is -2.29. The van der Waals surface area contributed by atoms with Gasteiger partial charge in [0.25, 0.3) is 5.91 Å². The SMILES string of the molecule is COCCNS(=O)(=O)c1ccc(C(=O)N[C@@H]2CCCC[C@@H]2C)cc1. The van der Waals surface area contributed by atoms with Crippen molar-refractivity contribution in [2.24, 2.45) is 5.92 Å². The molecule has 1 fully saturated rings. The highest BCUT2D eigenvalue weighted by Crippen LogP contribution is 2.24. The van der Waals surface area contributed by atoms with Gasteiger partial charge in [-0.15, -0.1) is 0 Å². The van der Waals surface area contributed by atoms with Crippen LogP contribution in [0.5, 0.6) is 0 Å². The Kier molecular flexibility index (Phi) is 6.77. The van der Waals surface area contributed by atoms with Crippen LogP contribution in [0.1, 0.15) is 43.0 Å². The first-order valence-electron chi connectivity index (χ1n) is 8.33. The molecule has 0 radical (unpaired) electrons. The van der Waals surface area contributed by atoms with Crippen LogP contribution in [0.15, 0.2) is 29.2 Å². The number of rotatable bonds is 7. The Morgan fingerprint density at radius 3 is 2.50 bits per heavy atom. The molecule has 1 amide bonds. The molecule has 1 aliphatic carbocycles. The third-order valence-corrected chi connectivity index (χ3v) is 5.93. The largest absolute Gasteiger partial charge is 0.383 e. The first-order chi connectivity index (χ1) is 11.4. The number of carbonyl (C=O) groups is 1. The van der Waals surface area contributed by atoms with E-state index in [2.05, 4.69) is 17.0 Å². The van der Waals surface area contributed by atoms with Gasteiger partial charge in [0.1, 0.15) is 0 Å². The van der Waals surface area contributed by atoms with E-state index in [9.17, 15) is 13.2 Å². The van der Waals surface area contributed by atoms with Crippen LogP contribution in [0.2, 0.25) is 0 Å². The summed E-state index contributed by atoms with van der Waals surface area (Å²) in [5.41, 5.74) is 0.476. The Morgan fingerprint density at radius 2 is 1.88 bits per heavy atom. The van der Waals surface area contributed by atoms with E-state index in [-0.39, 0.29) is 23.4 Å². The van der Waals surface area contributed by atoms with Crippen molar-refractivity contribution in [3.8, 4) is 0 Å². The lowest BCUT2D eigenvalue weighted by molar-refractivity contribution is 0.0910. The molecule has 0 spiro atoms. The van der Waals surface area contributed by atoms with E-state index in [1.807, 2.05) is 0 Å². The van der Waals surface area contributed by atoms with Crippen molar-refractivity contribution in [3.05, 3.63) is 29.8 Å². The van der Waals surface area contributed by atoms with Gasteiger partial charge in [-0.25, -0.2) is 13.1 Å². The van der Waals surface area contributed by atoms with Crippen molar-refractivity contribution in [2.45, 2.75) is 43.5 Å². The zero-order chi connectivity index (χ0) is 17.6. The summed E-state index contributed by atoms with van der Waals surface area (Å²) in [7, 11) is -2.06. The molecule has 2 N–H and O–H groups in total. The summed E-state index contributed by atoms with van der Waals surface area (Å²) in [6.07, 6.45) is 4.49. The van der Waals surface area contributed by atoms with Crippen molar-refractivity contribution in [1.82, 2.24) is 10.0 Å². The van der Waals surface area contributed by atoms with Gasteiger partial charge in [0, 0.05) is 25.3 Å². The molecule has 2 rings (SSSR count). The van der Waals surface area contributed by atoms with Crippen molar-refractivity contribution >= 4 is 15.9 Å². The number of ether oxygens (including phenoxy) is 1. The number of methoxy groups -OCH3 is 1. The standard InChI is InChI=1S/C17H26N2O4S/c1-13-5-3-4-6-16(13)19-17(20)14-7-9-15(10-8-14)24(21,22)18-11-12-23-2/h7-10,13,16,18H,3-6,11-12H2,1-2H3,(H,19,20)/t13-,16+/m0/s1. The number of benzene rings is 1. The quantitative estimate of drug-likeness (QED) is 0.733. The van der Waals surface area contributed by atoms with Crippen LogP contribution in [0, 0.1) is 5.92 Å². The maximum Gasteiger partial charge on any atom is 0.251 e. The summed E-state index contributed by atoms with van der Waals surface area (Å²) in [4.78, 5) is 12.5. The molecule has 0 aromatic heterocycles. The summed E-state index contributed by atoms with van der Waals surface area (Å²) < 4.78 is 31.4. The van der Waals surface area contributed by atoms with Gasteiger partial charge in [0.05, 0.1) is 11.5 Å². The van der Waals surface area contributed by atoms with E-state index in [1.54, 1.807) is 12.1 Å². The second-order valence-corrected chi connectivity index (χ2v) is 8.02. The minimum atomic E-state index is -3.57. The summed E-state index contributed by atoms with van der Waals surface area (Å²) in [6.45, 7) is 2.67. The van der Waals surface area contributed by atoms with Crippen molar-refractivity contribution < 1.29 is 17.9 Å². The van der Waals surface area contributed by atoms with Crippen molar-refractivity contribution in [2.75, 3.05) is 20.3 Å². The first kappa shape index (κ1) is 18.9. The Hall–Kier alpha value is -1.44. The molecule has 6 nitrogen and oxygen atoms in total. The summed E-state index contributed by atoms with van der Waals surface area (Å²) in [5, 5.41) is 3.06. The third kappa shape index (κ3) is 5.03. The van der Waals surface area contributed by atoms with Crippen molar-refractivity contribution in [1.29, 1.82) is 0 Å². The van der Waals surface area contributed by atoms with E-state index in [4.69, 9.17) is 4.74 Å². The van der Waals surface area contributed by atoms with Crippen LogP contribution in [0.3, 0.4) is 0 Å². The van der Waals surface area contributed by atoms with Crippen LogP contribution in [0.25, 0.3) is 0 Å². The highest BCUT2D eigenvalue weighted by atomic mass is 32.2. The summed E-state index contributed by atoms with van der Waals surface area (Å²) >= 11 is 0. The zero-order valence-electron chi connectivity index (χ0n) is 14.2. The van der Waals surface area contributed by atoms with E-state index in [0.717, 1.165) is 19.3 Å². The van der Waals surface area contributed by atoms with Gasteiger partial charge in [0.2, 0.25) is 10.0 Å². The Morgan fingerprint density at radius 1 is 1.21 bits per heavy atom. The minimum Gasteiger partial charge on any atom is -0.383 e. The highest BCUT2D eigenvalue weighted by molar-refractivity contribution is 7.89. The van der Waals surface area contributed by atoms with Gasteiger partial charge in [-0.1, -0.05) is 19.8 Å². The van der Waals surface area contributed by atoms with Gasteiger partial charge in [-0.05, 0) is 43.0 Å². The average molecular weight is 354 g/mol. The topological polar surface area (TPSA) is 84.5 Å². The fourth-order valence-corrected chi connectivity index (χ4v) is 3.94. The molecule has 2 atom stereocenters. The van der Waals surface area contributed by atoms with Crippen LogP contribution in [-0.4, -0.2) is 40.6 Å². The fourth-order valence-electron chi connectivity index (χ4n) is 2.93. The van der Waals surface area contributed by atoms with Gasteiger partial charge in [-0.2, -0.15) is 0 Å². The second kappa shape index (κ2) is 8.60. The molecule has 24 heavy (non-hydrogen) atoms. The molecule has 1 aliphatic rings. The number of nitrogens with one attached hydrogen (secondary N) is 2. The lowest BCUT2D eigenvalue weighted by Crippen LogP contribution is -2.41.